The van der Waals surface area contributed by atoms with Gasteiger partial charge in [-0.3, -0.25) is 4.79 Å². The molecule has 6 nitrogen and oxygen atoms in total. The fourth-order valence-electron chi connectivity index (χ4n) is 3.05. The molecule has 0 radical (unpaired) electrons. The number of rotatable bonds is 7. The lowest BCUT2D eigenvalue weighted by molar-refractivity contribution is -0.136. The molecule has 1 fully saturated rings. The molecular formula is C17H27ClN2O4. The van der Waals surface area contributed by atoms with E-state index in [1.54, 1.807) is 26.4 Å². The van der Waals surface area contributed by atoms with Gasteiger partial charge in [0.1, 0.15) is 5.75 Å². The number of carbonyl (C=O) groups is 1. The van der Waals surface area contributed by atoms with Crippen molar-refractivity contribution in [3.63, 3.8) is 0 Å². The molecule has 1 aliphatic rings. The van der Waals surface area contributed by atoms with E-state index in [1.165, 1.54) is 0 Å². The number of amides is 1. The molecule has 1 aromatic rings. The Morgan fingerprint density at radius 1 is 1.33 bits per heavy atom. The molecule has 136 valence electrons. The zero-order valence-electron chi connectivity index (χ0n) is 14.2. The Bertz CT molecular complexity index is 516. The smallest absolute Gasteiger partial charge is 0.228 e. The first-order valence-corrected chi connectivity index (χ1v) is 7.92. The number of piperidine rings is 1. The average Bonchev–Trinajstić information content (AvgIpc) is 2.60. The number of hydrogen-bond donors (Lipinski definition) is 3. The summed E-state index contributed by atoms with van der Waals surface area (Å²) in [4.78, 5) is 12.6. The van der Waals surface area contributed by atoms with Gasteiger partial charge in [0.05, 0.1) is 25.2 Å². The topological polar surface area (TPSA) is 79.8 Å². The summed E-state index contributed by atoms with van der Waals surface area (Å²) in [6, 6.07) is 7.27. The second-order valence-corrected chi connectivity index (χ2v) is 5.93. The molecule has 1 atom stereocenters. The summed E-state index contributed by atoms with van der Waals surface area (Å²) < 4.78 is 10.5. The third-order valence-electron chi connectivity index (χ3n) is 4.42. The minimum atomic E-state index is -0.809. The van der Waals surface area contributed by atoms with Crippen LogP contribution in [0.5, 0.6) is 5.75 Å². The first-order valence-electron chi connectivity index (χ1n) is 7.92. The number of halogens is 1. The summed E-state index contributed by atoms with van der Waals surface area (Å²) in [5.41, 5.74) is 0.155. The zero-order valence-corrected chi connectivity index (χ0v) is 15.0. The van der Waals surface area contributed by atoms with E-state index >= 15 is 0 Å². The average molecular weight is 359 g/mol. The number of aliphatic hydroxyl groups excluding tert-OH is 1. The van der Waals surface area contributed by atoms with Crippen molar-refractivity contribution in [2.24, 2.45) is 5.41 Å². The molecule has 1 aliphatic heterocycles. The fourth-order valence-corrected chi connectivity index (χ4v) is 3.05. The summed E-state index contributed by atoms with van der Waals surface area (Å²) in [6.45, 7) is 2.14. The molecule has 1 amide bonds. The number of nitrogens with one attached hydrogen (secondary N) is 2. The molecule has 0 bridgehead atoms. The van der Waals surface area contributed by atoms with Crippen LogP contribution in [-0.2, 0) is 9.53 Å². The van der Waals surface area contributed by atoms with Crippen LogP contribution in [0.1, 0.15) is 24.5 Å². The second-order valence-electron chi connectivity index (χ2n) is 5.93. The van der Waals surface area contributed by atoms with Gasteiger partial charge in [-0.2, -0.15) is 0 Å². The van der Waals surface area contributed by atoms with Gasteiger partial charge in [0.15, 0.2) is 0 Å². The Morgan fingerprint density at radius 2 is 2.00 bits per heavy atom. The highest BCUT2D eigenvalue weighted by Crippen LogP contribution is 2.30. The number of carbonyl (C=O) groups excluding carboxylic acids is 1. The second kappa shape index (κ2) is 9.84. The highest BCUT2D eigenvalue weighted by atomic mass is 35.5. The van der Waals surface area contributed by atoms with E-state index in [1.807, 2.05) is 12.1 Å². The van der Waals surface area contributed by atoms with Gasteiger partial charge in [-0.1, -0.05) is 18.2 Å². The number of ether oxygens (including phenoxy) is 2. The molecule has 0 saturated carbocycles. The lowest BCUT2D eigenvalue weighted by atomic mass is 9.78. The van der Waals surface area contributed by atoms with Crippen LogP contribution in [0.3, 0.4) is 0 Å². The minimum absolute atomic E-state index is 0. The standard InChI is InChI=1S/C17H26N2O4.ClH/c1-22-12-17(7-9-18-10-8-17)16(21)19-11-14(20)13-5-3-4-6-15(13)23-2;/h3-6,14,18,20H,7-12H2,1-2H3,(H,19,21);1H. The van der Waals surface area contributed by atoms with Crippen LogP contribution in [-0.4, -0.2) is 51.5 Å². The predicted molar refractivity (Wildman–Crippen MR) is 94.6 cm³/mol. The van der Waals surface area contributed by atoms with Crippen LogP contribution in [0.15, 0.2) is 24.3 Å². The fraction of sp³-hybridized carbons (Fsp3) is 0.588. The van der Waals surface area contributed by atoms with Gasteiger partial charge in [0.25, 0.3) is 0 Å². The maximum Gasteiger partial charge on any atom is 0.228 e. The SMILES string of the molecule is COCC1(C(=O)NCC(O)c2ccccc2OC)CCNCC1.Cl. The van der Waals surface area contributed by atoms with Gasteiger partial charge >= 0.3 is 0 Å². The van der Waals surface area contributed by atoms with Crippen LogP contribution in [0.25, 0.3) is 0 Å². The summed E-state index contributed by atoms with van der Waals surface area (Å²) in [7, 11) is 3.17. The van der Waals surface area contributed by atoms with E-state index in [0.717, 1.165) is 25.9 Å². The maximum absolute atomic E-state index is 12.6. The predicted octanol–water partition coefficient (Wildman–Crippen LogP) is 1.28. The molecule has 2 rings (SSSR count). The van der Waals surface area contributed by atoms with Crippen molar-refractivity contribution in [2.75, 3.05) is 40.5 Å². The molecule has 0 spiro atoms. The summed E-state index contributed by atoms with van der Waals surface area (Å²) >= 11 is 0. The molecule has 7 heteroatoms. The van der Waals surface area contributed by atoms with Crippen LogP contribution in [0.2, 0.25) is 0 Å². The van der Waals surface area contributed by atoms with Gasteiger partial charge in [-0.25, -0.2) is 0 Å². The van der Waals surface area contributed by atoms with Crippen molar-refractivity contribution in [2.45, 2.75) is 18.9 Å². The highest BCUT2D eigenvalue weighted by molar-refractivity contribution is 5.85. The van der Waals surface area contributed by atoms with E-state index in [4.69, 9.17) is 9.47 Å². The van der Waals surface area contributed by atoms with Crippen molar-refractivity contribution in [1.29, 1.82) is 0 Å². The van der Waals surface area contributed by atoms with Gasteiger partial charge in [-0.15, -0.1) is 12.4 Å². The third-order valence-corrected chi connectivity index (χ3v) is 4.42. The van der Waals surface area contributed by atoms with E-state index in [0.29, 0.717) is 17.9 Å². The summed E-state index contributed by atoms with van der Waals surface area (Å²) in [6.07, 6.45) is 0.658. The first-order chi connectivity index (χ1) is 11.1. The lowest BCUT2D eigenvalue weighted by Crippen LogP contribution is -2.50. The number of hydrogen-bond acceptors (Lipinski definition) is 5. The molecular weight excluding hydrogens is 332 g/mol. The molecule has 3 N–H and O–H groups in total. The summed E-state index contributed by atoms with van der Waals surface area (Å²) in [5.74, 6) is 0.553. The monoisotopic (exact) mass is 358 g/mol. The van der Waals surface area contributed by atoms with E-state index < -0.39 is 11.5 Å². The van der Waals surface area contributed by atoms with Crippen molar-refractivity contribution in [1.82, 2.24) is 10.6 Å². The zero-order chi connectivity index (χ0) is 16.7. The first kappa shape index (κ1) is 20.7. The Balaban J connectivity index is 0.00000288. The molecule has 1 saturated heterocycles. The summed E-state index contributed by atoms with van der Waals surface area (Å²) in [5, 5.41) is 16.5. The van der Waals surface area contributed by atoms with Crippen LogP contribution < -0.4 is 15.4 Å². The number of para-hydroxylation sites is 1. The maximum atomic E-state index is 12.6. The number of benzene rings is 1. The normalized spacial score (nSPS) is 17.5. The number of aliphatic hydroxyl groups is 1. The van der Waals surface area contributed by atoms with Crippen molar-refractivity contribution < 1.29 is 19.4 Å². The van der Waals surface area contributed by atoms with E-state index in [9.17, 15) is 9.90 Å². The van der Waals surface area contributed by atoms with Crippen molar-refractivity contribution in [3.05, 3.63) is 29.8 Å². The van der Waals surface area contributed by atoms with Crippen LogP contribution in [0.4, 0.5) is 0 Å². The third kappa shape index (κ3) is 4.83. The number of methoxy groups -OCH3 is 2. The molecule has 1 unspecified atom stereocenters. The Morgan fingerprint density at radius 3 is 2.62 bits per heavy atom. The van der Waals surface area contributed by atoms with Gasteiger partial charge in [0.2, 0.25) is 5.91 Å². The van der Waals surface area contributed by atoms with Gasteiger partial charge in [-0.05, 0) is 32.0 Å². The molecule has 0 aromatic heterocycles. The van der Waals surface area contributed by atoms with Crippen molar-refractivity contribution >= 4 is 18.3 Å². The lowest BCUT2D eigenvalue weighted by Gasteiger charge is -2.35. The van der Waals surface area contributed by atoms with Crippen LogP contribution in [0, 0.1) is 5.41 Å². The van der Waals surface area contributed by atoms with Crippen LogP contribution >= 0.6 is 12.4 Å². The Hall–Kier alpha value is -1.34. The largest absolute Gasteiger partial charge is 0.496 e. The Labute approximate surface area is 149 Å². The van der Waals surface area contributed by atoms with Gasteiger partial charge in [0, 0.05) is 19.2 Å². The van der Waals surface area contributed by atoms with Gasteiger partial charge < -0.3 is 25.2 Å². The molecule has 1 aromatic carbocycles. The highest BCUT2D eigenvalue weighted by Gasteiger charge is 2.39. The van der Waals surface area contributed by atoms with E-state index in [-0.39, 0.29) is 24.9 Å². The molecule has 0 aliphatic carbocycles. The quantitative estimate of drug-likeness (QED) is 0.684. The molecule has 1 heterocycles. The minimum Gasteiger partial charge on any atom is -0.496 e. The van der Waals surface area contributed by atoms with E-state index in [2.05, 4.69) is 10.6 Å². The molecule has 24 heavy (non-hydrogen) atoms. The Kier molecular flexibility index (Phi) is 8.48. The van der Waals surface area contributed by atoms with Crippen molar-refractivity contribution in [3.8, 4) is 5.75 Å².